The van der Waals surface area contributed by atoms with Crippen molar-refractivity contribution in [1.29, 1.82) is 0 Å². The molecule has 0 saturated carbocycles. The zero-order chi connectivity index (χ0) is 19.7. The van der Waals surface area contributed by atoms with E-state index in [0.29, 0.717) is 21.1 Å². The molecule has 0 spiro atoms. The Morgan fingerprint density at radius 1 is 1.14 bits per heavy atom. The van der Waals surface area contributed by atoms with E-state index in [1.54, 1.807) is 7.11 Å². The molecule has 2 aromatic carbocycles. The number of thiophene rings is 1. The number of nitrogen functional groups attached to an aromatic ring is 1. The second-order valence-corrected chi connectivity index (χ2v) is 7.09. The van der Waals surface area contributed by atoms with Crippen LogP contribution in [0, 0.1) is 5.82 Å². The standard InChI is InChI=1S/C21H16FN3O2S/c1-27-15-4-2-3-12(11-15)17-10-9-16-18(23)19(28-21(16)25-17)20(26)24-14-7-5-13(22)6-8-14/h2-11H,23H2,1H3,(H,24,26). The zero-order valence-corrected chi connectivity index (χ0v) is 15.7. The Labute approximate surface area is 164 Å². The van der Waals surface area contributed by atoms with Crippen LogP contribution in [0.3, 0.4) is 0 Å². The third-order valence-corrected chi connectivity index (χ3v) is 5.38. The minimum atomic E-state index is -0.367. The lowest BCUT2D eigenvalue weighted by Gasteiger charge is -2.04. The lowest BCUT2D eigenvalue weighted by molar-refractivity contribution is 0.103. The number of fused-ring (bicyclic) bond motifs is 1. The molecule has 4 rings (SSSR count). The van der Waals surface area contributed by atoms with E-state index in [9.17, 15) is 9.18 Å². The third kappa shape index (κ3) is 3.39. The molecule has 0 radical (unpaired) electrons. The number of nitrogens with zero attached hydrogens (tertiary/aromatic N) is 1. The Hall–Kier alpha value is -3.45. The van der Waals surface area contributed by atoms with Crippen LogP contribution in [0.5, 0.6) is 5.75 Å². The topological polar surface area (TPSA) is 77.2 Å². The van der Waals surface area contributed by atoms with E-state index in [-0.39, 0.29) is 11.7 Å². The second-order valence-electron chi connectivity index (χ2n) is 6.09. The molecule has 140 valence electrons. The van der Waals surface area contributed by atoms with Crippen molar-refractivity contribution in [2.45, 2.75) is 0 Å². The van der Waals surface area contributed by atoms with Crippen LogP contribution in [0.15, 0.2) is 60.7 Å². The quantitative estimate of drug-likeness (QED) is 0.515. The summed E-state index contributed by atoms with van der Waals surface area (Å²) in [4.78, 5) is 18.3. The van der Waals surface area contributed by atoms with Gasteiger partial charge in [0.15, 0.2) is 0 Å². The van der Waals surface area contributed by atoms with Crippen molar-refractivity contribution < 1.29 is 13.9 Å². The summed E-state index contributed by atoms with van der Waals surface area (Å²) >= 11 is 1.22. The molecule has 0 fully saturated rings. The predicted octanol–water partition coefficient (Wildman–Crippen LogP) is 4.95. The molecule has 0 saturated heterocycles. The van der Waals surface area contributed by atoms with E-state index in [0.717, 1.165) is 22.4 Å². The molecule has 2 heterocycles. The molecule has 28 heavy (non-hydrogen) atoms. The number of hydrogen-bond donors (Lipinski definition) is 2. The van der Waals surface area contributed by atoms with Crippen LogP contribution in [0.4, 0.5) is 15.8 Å². The number of carbonyl (C=O) groups is 1. The number of aromatic nitrogens is 1. The lowest BCUT2D eigenvalue weighted by Crippen LogP contribution is -2.11. The molecule has 0 unspecified atom stereocenters. The molecule has 0 aliphatic heterocycles. The van der Waals surface area contributed by atoms with Crippen molar-refractivity contribution in [3.63, 3.8) is 0 Å². The molecule has 5 nitrogen and oxygen atoms in total. The summed E-state index contributed by atoms with van der Waals surface area (Å²) in [6, 6.07) is 16.9. The monoisotopic (exact) mass is 393 g/mol. The average Bonchev–Trinajstić information content (AvgIpc) is 3.06. The SMILES string of the molecule is COc1cccc(-c2ccc3c(N)c(C(=O)Nc4ccc(F)cc4)sc3n2)c1. The molecule has 0 bridgehead atoms. The van der Waals surface area contributed by atoms with Crippen LogP contribution in [-0.2, 0) is 0 Å². The van der Waals surface area contributed by atoms with Gasteiger partial charge in [0, 0.05) is 16.6 Å². The number of benzene rings is 2. The summed E-state index contributed by atoms with van der Waals surface area (Å²) in [7, 11) is 1.61. The Balaban J connectivity index is 1.67. The average molecular weight is 393 g/mol. The largest absolute Gasteiger partial charge is 0.497 e. The molecule has 0 aliphatic rings. The van der Waals surface area contributed by atoms with E-state index in [4.69, 9.17) is 10.5 Å². The van der Waals surface area contributed by atoms with Crippen LogP contribution in [0.25, 0.3) is 21.5 Å². The van der Waals surface area contributed by atoms with Gasteiger partial charge >= 0.3 is 0 Å². The molecule has 0 aliphatic carbocycles. The number of nitrogens with one attached hydrogen (secondary N) is 1. The minimum Gasteiger partial charge on any atom is -0.497 e. The van der Waals surface area contributed by atoms with Crippen LogP contribution < -0.4 is 15.8 Å². The number of ether oxygens (including phenoxy) is 1. The van der Waals surface area contributed by atoms with Crippen molar-refractivity contribution in [3.05, 3.63) is 71.4 Å². The van der Waals surface area contributed by atoms with Crippen LogP contribution in [0.2, 0.25) is 0 Å². The third-order valence-electron chi connectivity index (χ3n) is 4.27. The van der Waals surface area contributed by atoms with Gasteiger partial charge < -0.3 is 15.8 Å². The molecule has 7 heteroatoms. The van der Waals surface area contributed by atoms with Crippen molar-refractivity contribution >= 4 is 38.8 Å². The Bertz CT molecular complexity index is 1170. The number of nitrogens with two attached hydrogens (primary N) is 1. The van der Waals surface area contributed by atoms with Gasteiger partial charge in [-0.05, 0) is 48.5 Å². The van der Waals surface area contributed by atoms with Gasteiger partial charge in [-0.3, -0.25) is 4.79 Å². The highest BCUT2D eigenvalue weighted by molar-refractivity contribution is 7.21. The summed E-state index contributed by atoms with van der Waals surface area (Å²) < 4.78 is 18.3. The Kier molecular flexibility index (Phi) is 4.67. The normalized spacial score (nSPS) is 10.8. The molecule has 3 N–H and O–H groups in total. The molecule has 1 amide bonds. The number of carbonyl (C=O) groups excluding carboxylic acids is 1. The number of anilines is 2. The first-order chi connectivity index (χ1) is 13.5. The zero-order valence-electron chi connectivity index (χ0n) is 14.9. The highest BCUT2D eigenvalue weighted by atomic mass is 32.1. The fourth-order valence-corrected chi connectivity index (χ4v) is 3.82. The van der Waals surface area contributed by atoms with E-state index < -0.39 is 0 Å². The van der Waals surface area contributed by atoms with Crippen molar-refractivity contribution in [2.75, 3.05) is 18.2 Å². The van der Waals surface area contributed by atoms with Crippen LogP contribution in [-0.4, -0.2) is 18.0 Å². The van der Waals surface area contributed by atoms with E-state index >= 15 is 0 Å². The van der Waals surface area contributed by atoms with Crippen molar-refractivity contribution in [2.24, 2.45) is 0 Å². The Morgan fingerprint density at radius 2 is 1.93 bits per heavy atom. The first-order valence-corrected chi connectivity index (χ1v) is 9.27. The molecule has 2 aromatic heterocycles. The molecule has 0 atom stereocenters. The van der Waals surface area contributed by atoms with Gasteiger partial charge in [0.05, 0.1) is 18.5 Å². The van der Waals surface area contributed by atoms with Gasteiger partial charge in [-0.25, -0.2) is 9.37 Å². The summed E-state index contributed by atoms with van der Waals surface area (Å²) in [5.41, 5.74) is 8.72. The fourth-order valence-electron chi connectivity index (χ4n) is 2.83. The summed E-state index contributed by atoms with van der Waals surface area (Å²) in [6.07, 6.45) is 0. The number of pyridine rings is 1. The van der Waals surface area contributed by atoms with Gasteiger partial charge in [0.25, 0.3) is 5.91 Å². The first kappa shape index (κ1) is 17.9. The van der Waals surface area contributed by atoms with E-state index in [1.807, 2.05) is 36.4 Å². The molecular weight excluding hydrogens is 377 g/mol. The smallest absolute Gasteiger partial charge is 0.267 e. The van der Waals surface area contributed by atoms with Gasteiger partial charge in [-0.15, -0.1) is 11.3 Å². The highest BCUT2D eigenvalue weighted by Gasteiger charge is 2.18. The van der Waals surface area contributed by atoms with Crippen LogP contribution in [0.1, 0.15) is 9.67 Å². The second kappa shape index (κ2) is 7.28. The number of hydrogen-bond acceptors (Lipinski definition) is 5. The number of halogens is 1. The van der Waals surface area contributed by atoms with Gasteiger partial charge in [0.2, 0.25) is 0 Å². The highest BCUT2D eigenvalue weighted by Crippen LogP contribution is 2.35. The number of rotatable bonds is 4. The minimum absolute atomic E-state index is 0.352. The van der Waals surface area contributed by atoms with Crippen molar-refractivity contribution in [1.82, 2.24) is 4.98 Å². The van der Waals surface area contributed by atoms with Gasteiger partial charge in [-0.1, -0.05) is 12.1 Å². The lowest BCUT2D eigenvalue weighted by atomic mass is 10.1. The predicted molar refractivity (Wildman–Crippen MR) is 110 cm³/mol. The maximum Gasteiger partial charge on any atom is 0.267 e. The van der Waals surface area contributed by atoms with Gasteiger partial charge in [0.1, 0.15) is 21.3 Å². The van der Waals surface area contributed by atoms with Gasteiger partial charge in [-0.2, -0.15) is 0 Å². The number of amides is 1. The van der Waals surface area contributed by atoms with Crippen LogP contribution >= 0.6 is 11.3 Å². The molecule has 4 aromatic rings. The summed E-state index contributed by atoms with van der Waals surface area (Å²) in [6.45, 7) is 0. The van der Waals surface area contributed by atoms with E-state index in [1.165, 1.54) is 35.6 Å². The molecular formula is C21H16FN3O2S. The van der Waals surface area contributed by atoms with E-state index in [2.05, 4.69) is 10.3 Å². The Morgan fingerprint density at radius 3 is 2.68 bits per heavy atom. The summed E-state index contributed by atoms with van der Waals surface area (Å²) in [5, 5.41) is 3.45. The summed E-state index contributed by atoms with van der Waals surface area (Å²) in [5.74, 6) is 0.0214. The fraction of sp³-hybridized carbons (Fsp3) is 0.0476. The first-order valence-electron chi connectivity index (χ1n) is 8.45. The maximum atomic E-state index is 13.0. The number of methoxy groups -OCH3 is 1. The van der Waals surface area contributed by atoms with Crippen molar-refractivity contribution in [3.8, 4) is 17.0 Å². The maximum absolute atomic E-state index is 13.0.